The highest BCUT2D eigenvalue weighted by Crippen LogP contribution is 2.28. The molecule has 0 aliphatic heterocycles. The topological polar surface area (TPSA) is 24.5 Å². The first-order valence-electron chi connectivity index (χ1n) is 8.24. The SMILES string of the molecule is CCCNCc1cc(CN(C)CCOCC2CC2)c(C)s1. The quantitative estimate of drug-likeness (QED) is 0.634. The zero-order valence-electron chi connectivity index (χ0n) is 13.8. The van der Waals surface area contributed by atoms with Gasteiger partial charge in [0.05, 0.1) is 6.61 Å². The van der Waals surface area contributed by atoms with E-state index in [0.717, 1.165) is 45.3 Å². The van der Waals surface area contributed by atoms with Crippen molar-refractivity contribution in [2.75, 3.05) is 33.4 Å². The van der Waals surface area contributed by atoms with E-state index < -0.39 is 0 Å². The molecule has 0 aromatic carbocycles. The summed E-state index contributed by atoms with van der Waals surface area (Å²) in [5, 5.41) is 3.48. The molecule has 0 spiro atoms. The minimum Gasteiger partial charge on any atom is -0.380 e. The van der Waals surface area contributed by atoms with E-state index in [-0.39, 0.29) is 0 Å². The number of likely N-dealkylation sites (N-methyl/N-ethyl adjacent to an activating group) is 1. The van der Waals surface area contributed by atoms with Crippen molar-refractivity contribution in [1.29, 1.82) is 0 Å². The summed E-state index contributed by atoms with van der Waals surface area (Å²) < 4.78 is 5.72. The second kappa shape index (κ2) is 8.89. The normalized spacial score (nSPS) is 15.0. The summed E-state index contributed by atoms with van der Waals surface area (Å²) in [5.74, 6) is 0.868. The van der Waals surface area contributed by atoms with Crippen LogP contribution in [0, 0.1) is 12.8 Å². The standard InChI is InChI=1S/C17H30N2OS/c1-4-7-18-11-17-10-16(14(2)21-17)12-19(3)8-9-20-13-15-5-6-15/h10,15,18H,4-9,11-13H2,1-3H3. The minimum atomic E-state index is 0.862. The number of thiophene rings is 1. The molecule has 1 aromatic heterocycles. The fourth-order valence-electron chi connectivity index (χ4n) is 2.34. The molecule has 120 valence electrons. The lowest BCUT2D eigenvalue weighted by Gasteiger charge is -2.16. The van der Waals surface area contributed by atoms with Gasteiger partial charge in [0.15, 0.2) is 0 Å². The Morgan fingerprint density at radius 3 is 2.95 bits per heavy atom. The van der Waals surface area contributed by atoms with Crippen molar-refractivity contribution in [2.24, 2.45) is 5.92 Å². The lowest BCUT2D eigenvalue weighted by atomic mass is 10.2. The van der Waals surface area contributed by atoms with Crippen molar-refractivity contribution < 1.29 is 4.74 Å². The Kier molecular flexibility index (Phi) is 7.17. The van der Waals surface area contributed by atoms with Gasteiger partial charge in [-0.2, -0.15) is 0 Å². The zero-order valence-corrected chi connectivity index (χ0v) is 14.6. The van der Waals surface area contributed by atoms with Crippen LogP contribution in [0.2, 0.25) is 0 Å². The number of hydrogen-bond acceptors (Lipinski definition) is 4. The van der Waals surface area contributed by atoms with Crippen molar-refractivity contribution in [3.63, 3.8) is 0 Å². The van der Waals surface area contributed by atoms with Crippen LogP contribution in [-0.4, -0.2) is 38.3 Å². The molecule has 0 unspecified atom stereocenters. The van der Waals surface area contributed by atoms with Crippen LogP contribution < -0.4 is 5.32 Å². The van der Waals surface area contributed by atoms with Crippen molar-refractivity contribution in [2.45, 2.75) is 46.2 Å². The van der Waals surface area contributed by atoms with E-state index in [1.165, 1.54) is 34.6 Å². The van der Waals surface area contributed by atoms with Gasteiger partial charge < -0.3 is 10.1 Å². The smallest absolute Gasteiger partial charge is 0.0593 e. The fourth-order valence-corrected chi connectivity index (χ4v) is 3.37. The Morgan fingerprint density at radius 2 is 2.24 bits per heavy atom. The summed E-state index contributed by atoms with van der Waals surface area (Å²) in [6.07, 6.45) is 3.94. The van der Waals surface area contributed by atoms with Gasteiger partial charge >= 0.3 is 0 Å². The van der Waals surface area contributed by atoms with E-state index in [2.05, 4.69) is 37.2 Å². The first-order valence-corrected chi connectivity index (χ1v) is 9.06. The van der Waals surface area contributed by atoms with Crippen LogP contribution in [0.1, 0.15) is 41.5 Å². The zero-order chi connectivity index (χ0) is 15.1. The van der Waals surface area contributed by atoms with Crippen LogP contribution in [0.5, 0.6) is 0 Å². The molecule has 1 aromatic rings. The molecule has 1 heterocycles. The molecular weight excluding hydrogens is 280 g/mol. The van der Waals surface area contributed by atoms with Gasteiger partial charge in [-0.05, 0) is 57.3 Å². The van der Waals surface area contributed by atoms with Gasteiger partial charge in [0.1, 0.15) is 0 Å². The van der Waals surface area contributed by atoms with E-state index >= 15 is 0 Å². The van der Waals surface area contributed by atoms with Crippen molar-refractivity contribution >= 4 is 11.3 Å². The van der Waals surface area contributed by atoms with E-state index in [1.807, 2.05) is 11.3 Å². The molecule has 1 aliphatic carbocycles. The maximum Gasteiger partial charge on any atom is 0.0593 e. The van der Waals surface area contributed by atoms with E-state index in [0.29, 0.717) is 0 Å². The van der Waals surface area contributed by atoms with Gasteiger partial charge in [0, 0.05) is 36.0 Å². The number of nitrogens with zero attached hydrogens (tertiary/aromatic N) is 1. The maximum absolute atomic E-state index is 5.72. The summed E-state index contributed by atoms with van der Waals surface area (Å²) in [7, 11) is 2.19. The minimum absolute atomic E-state index is 0.862. The van der Waals surface area contributed by atoms with Crippen LogP contribution in [0.15, 0.2) is 6.07 Å². The Balaban J connectivity index is 1.67. The molecule has 0 saturated heterocycles. The van der Waals surface area contributed by atoms with Crippen LogP contribution in [0.3, 0.4) is 0 Å². The van der Waals surface area contributed by atoms with E-state index in [9.17, 15) is 0 Å². The van der Waals surface area contributed by atoms with Crippen LogP contribution in [0.4, 0.5) is 0 Å². The van der Waals surface area contributed by atoms with E-state index in [1.54, 1.807) is 0 Å². The molecular formula is C17H30N2OS. The maximum atomic E-state index is 5.72. The third-order valence-electron chi connectivity index (χ3n) is 3.91. The lowest BCUT2D eigenvalue weighted by Crippen LogP contribution is -2.23. The molecule has 0 radical (unpaired) electrons. The molecule has 3 nitrogen and oxygen atoms in total. The molecule has 0 amide bonds. The van der Waals surface area contributed by atoms with Crippen molar-refractivity contribution in [1.82, 2.24) is 10.2 Å². The Morgan fingerprint density at radius 1 is 1.43 bits per heavy atom. The summed E-state index contributed by atoms with van der Waals surface area (Å²) in [4.78, 5) is 5.27. The molecule has 21 heavy (non-hydrogen) atoms. The molecule has 0 bridgehead atoms. The molecule has 1 fully saturated rings. The Bertz CT molecular complexity index is 415. The first kappa shape index (κ1) is 16.9. The van der Waals surface area contributed by atoms with Gasteiger partial charge in [-0.1, -0.05) is 6.92 Å². The average molecular weight is 311 g/mol. The second-order valence-corrected chi connectivity index (χ2v) is 7.57. The first-order chi connectivity index (χ1) is 10.2. The van der Waals surface area contributed by atoms with Gasteiger partial charge in [0.25, 0.3) is 0 Å². The molecule has 1 N–H and O–H groups in total. The van der Waals surface area contributed by atoms with Gasteiger partial charge in [0.2, 0.25) is 0 Å². The van der Waals surface area contributed by atoms with Crippen LogP contribution in [0.25, 0.3) is 0 Å². The van der Waals surface area contributed by atoms with Crippen molar-refractivity contribution in [3.05, 3.63) is 21.4 Å². The molecule has 4 heteroatoms. The summed E-state index contributed by atoms with van der Waals surface area (Å²) in [5.41, 5.74) is 1.47. The highest BCUT2D eigenvalue weighted by Gasteiger charge is 2.21. The van der Waals surface area contributed by atoms with Crippen LogP contribution in [-0.2, 0) is 17.8 Å². The number of rotatable bonds is 11. The van der Waals surface area contributed by atoms with Crippen molar-refractivity contribution in [3.8, 4) is 0 Å². The van der Waals surface area contributed by atoms with Gasteiger partial charge in [-0.25, -0.2) is 0 Å². The predicted molar refractivity (Wildman–Crippen MR) is 90.9 cm³/mol. The molecule has 1 saturated carbocycles. The van der Waals surface area contributed by atoms with Crippen LogP contribution >= 0.6 is 11.3 Å². The molecule has 0 atom stereocenters. The molecule has 2 rings (SSSR count). The Labute approximate surface area is 133 Å². The summed E-state index contributed by atoms with van der Waals surface area (Å²) in [6, 6.07) is 2.37. The number of nitrogens with one attached hydrogen (secondary N) is 1. The summed E-state index contributed by atoms with van der Waals surface area (Å²) >= 11 is 1.93. The monoisotopic (exact) mass is 310 g/mol. The summed E-state index contributed by atoms with van der Waals surface area (Å²) in [6.45, 7) is 10.4. The predicted octanol–water partition coefficient (Wildman–Crippen LogP) is 3.41. The number of ether oxygens (including phenoxy) is 1. The second-order valence-electron chi connectivity index (χ2n) is 6.23. The highest BCUT2D eigenvalue weighted by atomic mass is 32.1. The van der Waals surface area contributed by atoms with Gasteiger partial charge in [-0.15, -0.1) is 11.3 Å². The lowest BCUT2D eigenvalue weighted by molar-refractivity contribution is 0.102. The third kappa shape index (κ3) is 6.47. The van der Waals surface area contributed by atoms with E-state index in [4.69, 9.17) is 4.74 Å². The molecule has 1 aliphatic rings. The number of aryl methyl sites for hydroxylation is 1. The average Bonchev–Trinajstić information content (AvgIpc) is 3.21. The highest BCUT2D eigenvalue weighted by molar-refractivity contribution is 7.12. The number of hydrogen-bond donors (Lipinski definition) is 1. The van der Waals surface area contributed by atoms with Gasteiger partial charge in [-0.3, -0.25) is 4.90 Å². The fraction of sp³-hybridized carbons (Fsp3) is 0.765. The third-order valence-corrected chi connectivity index (χ3v) is 5.00. The Hall–Kier alpha value is -0.420. The largest absolute Gasteiger partial charge is 0.380 e.